The van der Waals surface area contributed by atoms with Crippen LogP contribution < -0.4 is 14.2 Å². The van der Waals surface area contributed by atoms with Gasteiger partial charge in [0.2, 0.25) is 5.78 Å². The van der Waals surface area contributed by atoms with E-state index in [1.165, 1.54) is 7.11 Å². The molecule has 0 aromatic heterocycles. The summed E-state index contributed by atoms with van der Waals surface area (Å²) in [6.07, 6.45) is 1.43. The van der Waals surface area contributed by atoms with Crippen LogP contribution in [0.1, 0.15) is 76.9 Å². The molecule has 0 spiro atoms. The molecule has 2 aromatic rings. The van der Waals surface area contributed by atoms with Crippen molar-refractivity contribution in [2.45, 2.75) is 68.4 Å². The van der Waals surface area contributed by atoms with Gasteiger partial charge in [-0.2, -0.15) is 0 Å². The second-order valence-corrected chi connectivity index (χ2v) is 11.2. The Labute approximate surface area is 219 Å². The van der Waals surface area contributed by atoms with Gasteiger partial charge in [0.25, 0.3) is 0 Å². The van der Waals surface area contributed by atoms with E-state index in [0.717, 1.165) is 0 Å². The summed E-state index contributed by atoms with van der Waals surface area (Å²) in [5, 5.41) is 0. The third kappa shape index (κ3) is 8.20. The van der Waals surface area contributed by atoms with E-state index >= 15 is 0 Å². The summed E-state index contributed by atoms with van der Waals surface area (Å²) in [7, 11) is 1.42. The van der Waals surface area contributed by atoms with Crippen molar-refractivity contribution in [3.8, 4) is 17.2 Å². The topological polar surface area (TPSA) is 88.1 Å². The number of allylic oxidation sites excluding steroid dienone is 1. The number of benzene rings is 2. The Balaban J connectivity index is 2.40. The number of hydrogen-bond acceptors (Lipinski definition) is 7. The molecule has 7 nitrogen and oxygen atoms in total. The number of ether oxygens (including phenoxy) is 4. The van der Waals surface area contributed by atoms with Crippen LogP contribution in [0.2, 0.25) is 0 Å². The lowest BCUT2D eigenvalue weighted by Gasteiger charge is -2.20. The first-order valence-corrected chi connectivity index (χ1v) is 12.2. The van der Waals surface area contributed by atoms with E-state index in [0.29, 0.717) is 33.9 Å². The molecule has 2 rings (SSSR count). The Morgan fingerprint density at radius 2 is 1.35 bits per heavy atom. The number of carbonyl (C=O) groups is 3. The van der Waals surface area contributed by atoms with Crippen molar-refractivity contribution in [2.75, 3.05) is 7.11 Å². The Bertz CT molecular complexity index is 1170. The predicted octanol–water partition coefficient (Wildman–Crippen LogP) is 6.56. The van der Waals surface area contributed by atoms with Crippen molar-refractivity contribution < 1.29 is 33.3 Å². The molecule has 200 valence electrons. The highest BCUT2D eigenvalue weighted by Gasteiger charge is 2.26. The summed E-state index contributed by atoms with van der Waals surface area (Å²) in [5.41, 5.74) is 0.355. The van der Waals surface area contributed by atoms with E-state index in [9.17, 15) is 14.4 Å². The van der Waals surface area contributed by atoms with Crippen LogP contribution in [0.5, 0.6) is 17.2 Å². The number of hydrogen-bond donors (Lipinski definition) is 0. The molecular weight excluding hydrogens is 472 g/mol. The lowest BCUT2D eigenvalue weighted by atomic mass is 9.97. The second kappa shape index (κ2) is 11.6. The first-order valence-electron chi connectivity index (χ1n) is 12.2. The fourth-order valence-electron chi connectivity index (χ4n) is 2.96. The number of Topliss-reactive ketones (excluding diaryl/α,β-unsaturated/α-hetero) is 1. The number of rotatable bonds is 8. The molecule has 0 atom stereocenters. The van der Waals surface area contributed by atoms with Crippen molar-refractivity contribution in [3.05, 3.63) is 58.8 Å². The zero-order valence-corrected chi connectivity index (χ0v) is 23.5. The van der Waals surface area contributed by atoms with Crippen LogP contribution in [0.25, 0.3) is 6.08 Å². The van der Waals surface area contributed by atoms with E-state index in [4.69, 9.17) is 18.9 Å². The van der Waals surface area contributed by atoms with Crippen LogP contribution in [-0.4, -0.2) is 30.9 Å². The molecule has 0 saturated heterocycles. The van der Waals surface area contributed by atoms with Gasteiger partial charge >= 0.3 is 11.9 Å². The van der Waals surface area contributed by atoms with Crippen LogP contribution in [0.3, 0.4) is 0 Å². The molecule has 0 aliphatic rings. The maximum atomic E-state index is 13.2. The van der Waals surface area contributed by atoms with E-state index in [1.54, 1.807) is 84.0 Å². The van der Waals surface area contributed by atoms with E-state index in [1.807, 2.05) is 20.8 Å². The van der Waals surface area contributed by atoms with Crippen molar-refractivity contribution in [1.82, 2.24) is 0 Å². The zero-order chi connectivity index (χ0) is 28.1. The van der Waals surface area contributed by atoms with Gasteiger partial charge < -0.3 is 18.9 Å². The van der Waals surface area contributed by atoms with Crippen molar-refractivity contribution in [3.63, 3.8) is 0 Å². The largest absolute Gasteiger partial charge is 0.493 e. The number of esters is 2. The van der Waals surface area contributed by atoms with E-state index in [2.05, 4.69) is 0 Å². The first-order chi connectivity index (χ1) is 17.0. The van der Waals surface area contributed by atoms with Gasteiger partial charge in [-0.15, -0.1) is 0 Å². The van der Waals surface area contributed by atoms with Gasteiger partial charge in [-0.05, 0) is 104 Å². The van der Waals surface area contributed by atoms with Crippen LogP contribution in [0, 0.1) is 17.8 Å². The molecule has 0 aliphatic heterocycles. The smallest absolute Gasteiger partial charge is 0.316 e. The van der Waals surface area contributed by atoms with Gasteiger partial charge in [0.15, 0.2) is 5.76 Å². The van der Waals surface area contributed by atoms with Crippen molar-refractivity contribution >= 4 is 23.8 Å². The molecule has 37 heavy (non-hydrogen) atoms. The van der Waals surface area contributed by atoms with Crippen LogP contribution in [-0.2, 0) is 14.3 Å². The normalized spacial score (nSPS) is 12.2. The van der Waals surface area contributed by atoms with Gasteiger partial charge in [0.1, 0.15) is 17.2 Å². The van der Waals surface area contributed by atoms with E-state index in [-0.39, 0.29) is 29.6 Å². The molecule has 0 aliphatic carbocycles. The fraction of sp³-hybridized carbons (Fsp3) is 0.433. The van der Waals surface area contributed by atoms with Crippen LogP contribution in [0.15, 0.2) is 42.2 Å². The molecule has 0 N–H and O–H groups in total. The second-order valence-electron chi connectivity index (χ2n) is 11.2. The molecular formula is C30H38O7. The minimum absolute atomic E-state index is 0.0897. The number of ketones is 1. The molecule has 0 radical (unpaired) electrons. The molecule has 0 bridgehead atoms. The molecule has 0 saturated carbocycles. The SMILES string of the molecule is COC(=Cc1cc(C)c(OC(=O)C(C)(C)C)cc1OC(C)C)C(=O)c1ccc(OC(=O)C(C)(C)C)cc1. The summed E-state index contributed by atoms with van der Waals surface area (Å²) in [5.74, 6) is 0.192. The van der Waals surface area contributed by atoms with Crippen molar-refractivity contribution in [1.29, 1.82) is 0 Å². The van der Waals surface area contributed by atoms with Gasteiger partial charge in [-0.3, -0.25) is 14.4 Å². The fourth-order valence-corrected chi connectivity index (χ4v) is 2.96. The summed E-state index contributed by atoms with van der Waals surface area (Å²) >= 11 is 0. The Morgan fingerprint density at radius 1 is 0.811 bits per heavy atom. The van der Waals surface area contributed by atoms with Gasteiger partial charge in [0.05, 0.1) is 24.0 Å². The van der Waals surface area contributed by atoms with Gasteiger partial charge in [-0.25, -0.2) is 0 Å². The van der Waals surface area contributed by atoms with Gasteiger partial charge in [0, 0.05) is 17.2 Å². The Morgan fingerprint density at radius 3 is 1.84 bits per heavy atom. The number of carbonyl (C=O) groups excluding carboxylic acids is 3. The highest BCUT2D eigenvalue weighted by atomic mass is 16.5. The summed E-state index contributed by atoms with van der Waals surface area (Å²) in [6, 6.07) is 9.73. The average molecular weight is 511 g/mol. The highest BCUT2D eigenvalue weighted by molar-refractivity contribution is 6.10. The lowest BCUT2D eigenvalue weighted by Crippen LogP contribution is -2.25. The van der Waals surface area contributed by atoms with Gasteiger partial charge in [-0.1, -0.05) is 0 Å². The summed E-state index contributed by atoms with van der Waals surface area (Å²) in [4.78, 5) is 37.8. The first kappa shape index (κ1) is 29.6. The molecule has 0 heterocycles. The van der Waals surface area contributed by atoms with Crippen LogP contribution in [0.4, 0.5) is 0 Å². The Kier molecular flexibility index (Phi) is 9.31. The molecule has 0 amide bonds. The summed E-state index contributed by atoms with van der Waals surface area (Å²) < 4.78 is 22.4. The minimum Gasteiger partial charge on any atom is -0.493 e. The van der Waals surface area contributed by atoms with Crippen molar-refractivity contribution in [2.24, 2.45) is 10.8 Å². The quantitative estimate of drug-likeness (QED) is 0.131. The molecule has 7 heteroatoms. The maximum absolute atomic E-state index is 13.2. The number of methoxy groups -OCH3 is 1. The average Bonchev–Trinajstić information content (AvgIpc) is 2.78. The monoisotopic (exact) mass is 510 g/mol. The summed E-state index contributed by atoms with van der Waals surface area (Å²) in [6.45, 7) is 16.2. The maximum Gasteiger partial charge on any atom is 0.316 e. The minimum atomic E-state index is -0.666. The molecule has 2 aromatic carbocycles. The molecule has 0 unspecified atom stereocenters. The third-order valence-corrected chi connectivity index (χ3v) is 5.15. The predicted molar refractivity (Wildman–Crippen MR) is 143 cm³/mol. The standard InChI is InChI=1S/C30H38O7/c1-18(2)35-24-17-23(37-28(33)30(7,8)9)19(3)15-21(24)16-25(34-10)26(31)20-11-13-22(14-12-20)36-27(32)29(4,5)6/h11-18H,1-10H3. The van der Waals surface area contributed by atoms with E-state index < -0.39 is 10.8 Å². The van der Waals surface area contributed by atoms with Crippen LogP contribution >= 0.6 is 0 Å². The highest BCUT2D eigenvalue weighted by Crippen LogP contribution is 2.33. The third-order valence-electron chi connectivity index (χ3n) is 5.15. The molecule has 0 fully saturated rings. The zero-order valence-electron chi connectivity index (χ0n) is 23.5. The number of aryl methyl sites for hydroxylation is 1. The lowest BCUT2D eigenvalue weighted by molar-refractivity contribution is -0.143. The Hall–Kier alpha value is -3.61.